The number of amides is 1. The monoisotopic (exact) mass is 297 g/mol. The molecule has 2 heterocycles. The summed E-state index contributed by atoms with van der Waals surface area (Å²) in [6.07, 6.45) is 0. The fraction of sp³-hybridized carbons (Fsp3) is 0.364. The predicted molar refractivity (Wildman–Crippen MR) is 79.5 cm³/mol. The Morgan fingerprint density at radius 1 is 1.53 bits per heavy atom. The first-order valence-corrected chi connectivity index (χ1v) is 7.34. The van der Waals surface area contributed by atoms with Crippen molar-refractivity contribution in [1.82, 2.24) is 14.7 Å². The summed E-state index contributed by atoms with van der Waals surface area (Å²) in [6.45, 7) is 3.72. The topological polar surface area (TPSA) is 92.9 Å². The average molecular weight is 297 g/mol. The van der Waals surface area contributed by atoms with E-state index in [2.05, 4.69) is 20.0 Å². The molecule has 1 atom stereocenters. The molecule has 0 saturated carbocycles. The zero-order chi connectivity index (χ0) is 14.0. The standard InChI is InChI=1S/C11H15N5OS2/c1-5(10(17)13-3)14-11-8(9(12)16-19-11)7-4-18-6(2)15-7/h4-5,14H,1-3H3,(H2,12,16)(H,13,17). The van der Waals surface area contributed by atoms with Gasteiger partial charge < -0.3 is 16.4 Å². The Balaban J connectivity index is 2.30. The van der Waals surface area contributed by atoms with Crippen LogP contribution in [-0.4, -0.2) is 28.4 Å². The molecule has 0 aromatic carbocycles. The number of nitrogens with two attached hydrogens (primary N) is 1. The highest BCUT2D eigenvalue weighted by molar-refractivity contribution is 7.11. The van der Waals surface area contributed by atoms with Crippen LogP contribution in [0.1, 0.15) is 11.9 Å². The van der Waals surface area contributed by atoms with Crippen molar-refractivity contribution in [2.45, 2.75) is 19.9 Å². The molecule has 2 aromatic rings. The lowest BCUT2D eigenvalue weighted by Gasteiger charge is -2.12. The van der Waals surface area contributed by atoms with Crippen molar-refractivity contribution in [3.05, 3.63) is 10.4 Å². The van der Waals surface area contributed by atoms with Gasteiger partial charge in [-0.3, -0.25) is 4.79 Å². The van der Waals surface area contributed by atoms with E-state index in [1.165, 1.54) is 11.5 Å². The van der Waals surface area contributed by atoms with Crippen LogP contribution >= 0.6 is 22.9 Å². The number of aryl methyl sites for hydroxylation is 1. The second-order valence-electron chi connectivity index (χ2n) is 4.00. The lowest BCUT2D eigenvalue weighted by molar-refractivity contribution is -0.121. The van der Waals surface area contributed by atoms with Crippen molar-refractivity contribution in [2.75, 3.05) is 18.1 Å². The number of thiazole rings is 1. The predicted octanol–water partition coefficient (Wildman–Crippen LogP) is 1.70. The van der Waals surface area contributed by atoms with Gasteiger partial charge in [0.05, 0.1) is 16.3 Å². The Kier molecular flexibility index (Phi) is 4.01. The molecule has 0 bridgehead atoms. The molecule has 2 aromatic heterocycles. The summed E-state index contributed by atoms with van der Waals surface area (Å²) in [6, 6.07) is -0.358. The van der Waals surface area contributed by atoms with Gasteiger partial charge in [-0.2, -0.15) is 4.37 Å². The molecule has 19 heavy (non-hydrogen) atoms. The van der Waals surface area contributed by atoms with Gasteiger partial charge in [0.15, 0.2) is 0 Å². The van der Waals surface area contributed by atoms with E-state index in [9.17, 15) is 4.79 Å². The van der Waals surface area contributed by atoms with Gasteiger partial charge in [0.25, 0.3) is 0 Å². The molecule has 102 valence electrons. The van der Waals surface area contributed by atoms with E-state index in [0.29, 0.717) is 5.82 Å². The van der Waals surface area contributed by atoms with E-state index >= 15 is 0 Å². The second-order valence-corrected chi connectivity index (χ2v) is 5.84. The van der Waals surface area contributed by atoms with E-state index in [4.69, 9.17) is 5.73 Å². The Morgan fingerprint density at radius 3 is 2.84 bits per heavy atom. The van der Waals surface area contributed by atoms with Crippen LogP contribution in [0.4, 0.5) is 10.8 Å². The normalized spacial score (nSPS) is 12.2. The molecule has 1 amide bonds. The molecule has 0 aliphatic rings. The maximum atomic E-state index is 11.5. The smallest absolute Gasteiger partial charge is 0.241 e. The number of carbonyl (C=O) groups excluding carboxylic acids is 1. The molecule has 0 fully saturated rings. The fourth-order valence-corrected chi connectivity index (χ4v) is 3.02. The van der Waals surface area contributed by atoms with Gasteiger partial charge in [-0.15, -0.1) is 11.3 Å². The molecule has 2 rings (SSSR count). The third kappa shape index (κ3) is 2.85. The van der Waals surface area contributed by atoms with E-state index in [1.54, 1.807) is 25.3 Å². The summed E-state index contributed by atoms with van der Waals surface area (Å²) in [5.74, 6) is 0.342. The summed E-state index contributed by atoms with van der Waals surface area (Å²) in [4.78, 5) is 16.0. The van der Waals surface area contributed by atoms with Crippen molar-refractivity contribution < 1.29 is 4.79 Å². The molecule has 8 heteroatoms. The third-order valence-corrected chi connectivity index (χ3v) is 4.15. The Labute approximate surface area is 119 Å². The van der Waals surface area contributed by atoms with Crippen LogP contribution in [-0.2, 0) is 4.79 Å². The van der Waals surface area contributed by atoms with Gasteiger partial charge >= 0.3 is 0 Å². The van der Waals surface area contributed by atoms with Crippen molar-refractivity contribution in [1.29, 1.82) is 0 Å². The Bertz CT molecular complexity index is 592. The number of nitrogen functional groups attached to an aromatic ring is 1. The van der Waals surface area contributed by atoms with E-state index in [0.717, 1.165) is 21.3 Å². The number of rotatable bonds is 4. The lowest BCUT2D eigenvalue weighted by Crippen LogP contribution is -2.35. The highest BCUT2D eigenvalue weighted by atomic mass is 32.1. The number of aromatic nitrogens is 2. The first-order chi connectivity index (χ1) is 9.02. The minimum Gasteiger partial charge on any atom is -0.382 e. The molecule has 0 spiro atoms. The Hall–Kier alpha value is -1.67. The molecule has 1 unspecified atom stereocenters. The van der Waals surface area contributed by atoms with Gasteiger partial charge in [-0.1, -0.05) is 0 Å². The number of likely N-dealkylation sites (N-methyl/N-ethyl adjacent to an activating group) is 1. The molecule has 0 radical (unpaired) electrons. The molecule has 0 aliphatic carbocycles. The minimum absolute atomic E-state index is 0.0904. The first-order valence-electron chi connectivity index (χ1n) is 5.68. The number of anilines is 2. The first kappa shape index (κ1) is 13.8. The number of nitrogens with one attached hydrogen (secondary N) is 2. The summed E-state index contributed by atoms with van der Waals surface area (Å²) in [7, 11) is 1.60. The zero-order valence-electron chi connectivity index (χ0n) is 10.9. The molecule has 0 saturated heterocycles. The van der Waals surface area contributed by atoms with Crippen LogP contribution in [0.25, 0.3) is 11.3 Å². The highest BCUT2D eigenvalue weighted by Crippen LogP contribution is 2.37. The second kappa shape index (κ2) is 5.54. The zero-order valence-corrected chi connectivity index (χ0v) is 12.5. The summed E-state index contributed by atoms with van der Waals surface area (Å²) in [5, 5.41) is 9.37. The van der Waals surface area contributed by atoms with Crippen molar-refractivity contribution >= 4 is 39.6 Å². The maximum absolute atomic E-state index is 11.5. The van der Waals surface area contributed by atoms with Crippen molar-refractivity contribution in [3.63, 3.8) is 0 Å². The number of hydrogen-bond acceptors (Lipinski definition) is 7. The van der Waals surface area contributed by atoms with Crippen LogP contribution < -0.4 is 16.4 Å². The summed E-state index contributed by atoms with van der Waals surface area (Å²) >= 11 is 2.79. The molecule has 6 nitrogen and oxygen atoms in total. The quantitative estimate of drug-likeness (QED) is 0.799. The van der Waals surface area contributed by atoms with Crippen LogP contribution in [0.2, 0.25) is 0 Å². The minimum atomic E-state index is -0.358. The summed E-state index contributed by atoms with van der Waals surface area (Å²) < 4.78 is 4.13. The largest absolute Gasteiger partial charge is 0.382 e. The van der Waals surface area contributed by atoms with Crippen LogP contribution in [0.15, 0.2) is 5.38 Å². The highest BCUT2D eigenvalue weighted by Gasteiger charge is 2.19. The van der Waals surface area contributed by atoms with Crippen LogP contribution in [0.3, 0.4) is 0 Å². The van der Waals surface area contributed by atoms with E-state index in [-0.39, 0.29) is 11.9 Å². The van der Waals surface area contributed by atoms with Gasteiger partial charge in [-0.05, 0) is 25.4 Å². The average Bonchev–Trinajstić information content (AvgIpc) is 2.95. The molecular formula is C11H15N5OS2. The van der Waals surface area contributed by atoms with Crippen molar-refractivity contribution in [3.8, 4) is 11.3 Å². The SMILES string of the molecule is CNC(=O)C(C)Nc1snc(N)c1-c1csc(C)n1. The van der Waals surface area contributed by atoms with E-state index < -0.39 is 0 Å². The van der Waals surface area contributed by atoms with Crippen LogP contribution in [0.5, 0.6) is 0 Å². The Morgan fingerprint density at radius 2 is 2.26 bits per heavy atom. The number of hydrogen-bond donors (Lipinski definition) is 3. The van der Waals surface area contributed by atoms with E-state index in [1.807, 2.05) is 12.3 Å². The molecule has 4 N–H and O–H groups in total. The van der Waals surface area contributed by atoms with Gasteiger partial charge in [0, 0.05) is 12.4 Å². The number of carbonyl (C=O) groups is 1. The summed E-state index contributed by atoms with van der Waals surface area (Å²) in [5.41, 5.74) is 7.45. The maximum Gasteiger partial charge on any atom is 0.241 e. The van der Waals surface area contributed by atoms with Gasteiger partial charge in [-0.25, -0.2) is 4.98 Å². The van der Waals surface area contributed by atoms with Crippen LogP contribution in [0, 0.1) is 6.92 Å². The number of nitrogens with zero attached hydrogens (tertiary/aromatic N) is 2. The molecule has 0 aliphatic heterocycles. The third-order valence-electron chi connectivity index (χ3n) is 2.58. The van der Waals surface area contributed by atoms with Crippen molar-refractivity contribution in [2.24, 2.45) is 0 Å². The van der Waals surface area contributed by atoms with Gasteiger partial charge in [0.2, 0.25) is 5.91 Å². The van der Waals surface area contributed by atoms with Gasteiger partial charge in [0.1, 0.15) is 16.9 Å². The molecular weight excluding hydrogens is 282 g/mol. The lowest BCUT2D eigenvalue weighted by atomic mass is 10.2. The fourth-order valence-electron chi connectivity index (χ4n) is 1.61.